The Morgan fingerprint density at radius 3 is 2.40 bits per heavy atom. The maximum absolute atomic E-state index is 12.6. The third-order valence-corrected chi connectivity index (χ3v) is 6.62. The summed E-state index contributed by atoms with van der Waals surface area (Å²) in [7, 11) is 0. The highest BCUT2D eigenvalue weighted by atomic mass is 35.5. The van der Waals surface area contributed by atoms with Crippen molar-refractivity contribution in [1.29, 1.82) is 0 Å². The molecule has 1 saturated carbocycles. The van der Waals surface area contributed by atoms with Crippen LogP contribution in [0.15, 0.2) is 24.3 Å². The molecule has 3 N–H and O–H groups in total. The van der Waals surface area contributed by atoms with Crippen molar-refractivity contribution in [3.05, 3.63) is 24.3 Å². The summed E-state index contributed by atoms with van der Waals surface area (Å²) in [5.74, 6) is 0.290. The predicted molar refractivity (Wildman–Crippen MR) is 126 cm³/mol. The number of carbonyl (C=O) groups excluding carboxylic acids is 2. The third-order valence-electron chi connectivity index (χ3n) is 6.62. The van der Waals surface area contributed by atoms with Crippen LogP contribution in [0, 0.1) is 11.3 Å². The van der Waals surface area contributed by atoms with E-state index in [9.17, 15) is 9.59 Å². The summed E-state index contributed by atoms with van der Waals surface area (Å²) in [5.41, 5.74) is 1.74. The molecule has 0 bridgehead atoms. The number of benzene rings is 1. The smallest absolute Gasteiger partial charge is 0.228 e. The van der Waals surface area contributed by atoms with Crippen LogP contribution in [-0.2, 0) is 9.59 Å². The second-order valence-electron chi connectivity index (χ2n) is 8.64. The zero-order chi connectivity index (χ0) is 19.4. The lowest BCUT2D eigenvalue weighted by Gasteiger charge is -2.25. The van der Waals surface area contributed by atoms with E-state index in [0.29, 0.717) is 6.42 Å². The minimum atomic E-state index is 0. The summed E-state index contributed by atoms with van der Waals surface area (Å²) < 4.78 is 0. The Balaban J connectivity index is 0.00000160. The van der Waals surface area contributed by atoms with E-state index in [4.69, 9.17) is 0 Å². The van der Waals surface area contributed by atoms with E-state index >= 15 is 0 Å². The fourth-order valence-corrected chi connectivity index (χ4v) is 4.77. The van der Waals surface area contributed by atoms with Gasteiger partial charge in [-0.25, -0.2) is 0 Å². The van der Waals surface area contributed by atoms with Gasteiger partial charge in [0.25, 0.3) is 0 Å². The van der Waals surface area contributed by atoms with Crippen molar-refractivity contribution in [2.75, 3.05) is 43.4 Å². The Labute approximate surface area is 191 Å². The van der Waals surface area contributed by atoms with E-state index in [-0.39, 0.29) is 48.0 Å². The van der Waals surface area contributed by atoms with Gasteiger partial charge in [-0.05, 0) is 81.9 Å². The van der Waals surface area contributed by atoms with Crippen molar-refractivity contribution in [1.82, 2.24) is 10.2 Å². The molecule has 3 fully saturated rings. The van der Waals surface area contributed by atoms with Crippen LogP contribution >= 0.6 is 24.8 Å². The van der Waals surface area contributed by atoms with Crippen molar-refractivity contribution in [3.63, 3.8) is 0 Å². The van der Waals surface area contributed by atoms with Gasteiger partial charge in [-0.15, -0.1) is 24.8 Å². The molecule has 0 radical (unpaired) electrons. The molecule has 2 aliphatic heterocycles. The normalized spacial score (nSPS) is 22.3. The number of nitrogens with one attached hydrogen (secondary N) is 3. The standard InChI is InChI=1S/C22H32N4O2.2ClH/c27-20(7-14-26-12-2-1-3-13-26)24-17-5-4-6-18(15-17)25-21(28)19-16-22(19)8-10-23-11-9-22;;/h4-6,15,19,23H,1-3,7-14,16H2,(H,24,27)(H,25,28);2*1H. The molecular formula is C22H34Cl2N4O2. The van der Waals surface area contributed by atoms with Crippen molar-refractivity contribution < 1.29 is 9.59 Å². The number of halogens is 2. The van der Waals surface area contributed by atoms with Crippen LogP contribution in [0.2, 0.25) is 0 Å². The quantitative estimate of drug-likeness (QED) is 0.610. The Bertz CT molecular complexity index is 719. The first-order chi connectivity index (χ1) is 13.6. The fourth-order valence-electron chi connectivity index (χ4n) is 4.77. The van der Waals surface area contributed by atoms with E-state index in [1.54, 1.807) is 0 Å². The summed E-state index contributed by atoms with van der Waals surface area (Å²) in [4.78, 5) is 27.3. The molecule has 0 aromatic heterocycles. The molecule has 1 aromatic carbocycles. The summed E-state index contributed by atoms with van der Waals surface area (Å²) in [5, 5.41) is 9.40. The first-order valence-electron chi connectivity index (χ1n) is 10.8. The van der Waals surface area contributed by atoms with E-state index in [1.165, 1.54) is 19.3 Å². The van der Waals surface area contributed by atoms with Crippen LogP contribution in [0.3, 0.4) is 0 Å². The highest BCUT2D eigenvalue weighted by Crippen LogP contribution is 2.58. The monoisotopic (exact) mass is 456 g/mol. The fraction of sp³-hybridized carbons (Fsp3) is 0.636. The Morgan fingerprint density at radius 1 is 1.03 bits per heavy atom. The van der Waals surface area contributed by atoms with E-state index in [2.05, 4.69) is 20.9 Å². The Kier molecular flexibility index (Phi) is 9.41. The van der Waals surface area contributed by atoms with Crippen molar-refractivity contribution in [2.45, 2.75) is 44.9 Å². The second-order valence-corrected chi connectivity index (χ2v) is 8.64. The van der Waals surface area contributed by atoms with Gasteiger partial charge >= 0.3 is 0 Å². The maximum Gasteiger partial charge on any atom is 0.228 e. The summed E-state index contributed by atoms with van der Waals surface area (Å²) in [6, 6.07) is 7.50. The van der Waals surface area contributed by atoms with Crippen LogP contribution in [0.25, 0.3) is 0 Å². The molecule has 30 heavy (non-hydrogen) atoms. The second kappa shape index (κ2) is 11.3. The first kappa shape index (κ1) is 24.9. The number of likely N-dealkylation sites (tertiary alicyclic amines) is 1. The third kappa shape index (κ3) is 6.33. The predicted octanol–water partition coefficient (Wildman–Crippen LogP) is 3.67. The maximum atomic E-state index is 12.6. The summed E-state index contributed by atoms with van der Waals surface area (Å²) >= 11 is 0. The number of hydrogen-bond donors (Lipinski definition) is 3. The Hall–Kier alpha value is -1.34. The van der Waals surface area contributed by atoms with Gasteiger partial charge in [0, 0.05) is 30.3 Å². The number of hydrogen-bond acceptors (Lipinski definition) is 4. The number of amides is 2. The van der Waals surface area contributed by atoms with Crippen LogP contribution < -0.4 is 16.0 Å². The van der Waals surface area contributed by atoms with Crippen molar-refractivity contribution in [2.24, 2.45) is 11.3 Å². The summed E-state index contributed by atoms with van der Waals surface area (Å²) in [6.45, 7) is 5.06. The van der Waals surface area contributed by atoms with Gasteiger partial charge in [0.1, 0.15) is 0 Å². The van der Waals surface area contributed by atoms with Crippen molar-refractivity contribution in [3.8, 4) is 0 Å². The van der Waals surface area contributed by atoms with Crippen LogP contribution in [0.5, 0.6) is 0 Å². The van der Waals surface area contributed by atoms with Crippen molar-refractivity contribution >= 4 is 48.0 Å². The van der Waals surface area contributed by atoms with Gasteiger partial charge in [-0.3, -0.25) is 9.59 Å². The number of piperidine rings is 2. The zero-order valence-corrected chi connectivity index (χ0v) is 19.1. The van der Waals surface area contributed by atoms with Gasteiger partial charge in [0.05, 0.1) is 0 Å². The molecule has 1 unspecified atom stereocenters. The number of anilines is 2. The molecule has 2 heterocycles. The largest absolute Gasteiger partial charge is 0.326 e. The average molecular weight is 457 g/mol. The van der Waals surface area contributed by atoms with Gasteiger partial charge in [0.15, 0.2) is 0 Å². The molecule has 6 nitrogen and oxygen atoms in total. The Morgan fingerprint density at radius 2 is 1.70 bits per heavy atom. The summed E-state index contributed by atoms with van der Waals surface area (Å²) in [6.07, 6.45) is 7.49. The first-order valence-corrected chi connectivity index (χ1v) is 10.8. The highest BCUT2D eigenvalue weighted by molar-refractivity contribution is 5.96. The van der Waals surface area contributed by atoms with Gasteiger partial charge in [0.2, 0.25) is 11.8 Å². The highest BCUT2D eigenvalue weighted by Gasteiger charge is 2.57. The van der Waals surface area contributed by atoms with Gasteiger partial charge in [-0.2, -0.15) is 0 Å². The molecular weight excluding hydrogens is 423 g/mol. The molecule has 2 amide bonds. The van der Waals surface area contributed by atoms with Crippen LogP contribution in [0.4, 0.5) is 11.4 Å². The molecule has 168 valence electrons. The van der Waals surface area contributed by atoms with E-state index < -0.39 is 0 Å². The minimum absolute atomic E-state index is 0. The van der Waals surface area contributed by atoms with Gasteiger partial charge < -0.3 is 20.9 Å². The molecule has 1 aromatic rings. The number of carbonyl (C=O) groups is 2. The zero-order valence-electron chi connectivity index (χ0n) is 17.5. The topological polar surface area (TPSA) is 73.5 Å². The minimum Gasteiger partial charge on any atom is -0.326 e. The number of nitrogens with zero attached hydrogens (tertiary/aromatic N) is 1. The van der Waals surface area contributed by atoms with E-state index in [0.717, 1.165) is 63.4 Å². The SMILES string of the molecule is Cl.Cl.O=C(CCN1CCCCC1)Nc1cccc(NC(=O)C2CC23CCNCC3)c1. The lowest BCUT2D eigenvalue weighted by atomic mass is 9.92. The molecule has 2 saturated heterocycles. The van der Waals surface area contributed by atoms with Gasteiger partial charge in [-0.1, -0.05) is 12.5 Å². The molecule has 8 heteroatoms. The molecule has 1 atom stereocenters. The molecule has 1 aliphatic carbocycles. The average Bonchev–Trinajstić information content (AvgIpc) is 3.41. The lowest BCUT2D eigenvalue weighted by molar-refractivity contribution is -0.118. The molecule has 4 rings (SSSR count). The number of rotatable bonds is 6. The molecule has 3 aliphatic rings. The molecule has 1 spiro atoms. The van der Waals surface area contributed by atoms with Crippen LogP contribution in [-0.4, -0.2) is 49.4 Å². The van der Waals surface area contributed by atoms with Crippen LogP contribution in [0.1, 0.15) is 44.9 Å². The van der Waals surface area contributed by atoms with E-state index in [1.807, 2.05) is 24.3 Å². The lowest BCUT2D eigenvalue weighted by Crippen LogP contribution is -2.32.